The van der Waals surface area contributed by atoms with Crippen LogP contribution in [-0.2, 0) is 24.4 Å². The Bertz CT molecular complexity index is 392. The van der Waals surface area contributed by atoms with Crippen LogP contribution >= 0.6 is 0 Å². The zero-order valence-corrected chi connectivity index (χ0v) is 14.6. The van der Waals surface area contributed by atoms with Crippen LogP contribution in [0.2, 0.25) is 0 Å². The van der Waals surface area contributed by atoms with E-state index in [4.69, 9.17) is 19.5 Å². The molecule has 0 rings (SSSR count). The number of aliphatic carboxylic acids is 2. The van der Waals surface area contributed by atoms with E-state index < -0.39 is 33.7 Å². The third kappa shape index (κ3) is 14.2. The Morgan fingerprint density at radius 2 is 1.80 bits per heavy atom. The van der Waals surface area contributed by atoms with Crippen LogP contribution in [0.3, 0.4) is 0 Å². The molecule has 0 aliphatic carbocycles. The molecule has 3 N–H and O–H groups in total. The number of carbonyl (C=O) groups is 2. The van der Waals surface area contributed by atoms with Crippen molar-refractivity contribution in [1.29, 1.82) is 0 Å². The summed E-state index contributed by atoms with van der Waals surface area (Å²) in [6, 6.07) is 0. The van der Waals surface area contributed by atoms with Crippen LogP contribution in [0.15, 0.2) is 0 Å². The molecule has 10 heteroatoms. The Morgan fingerprint density at radius 1 is 1.30 bits per heavy atom. The quantitative estimate of drug-likeness (QED) is 0.325. The third-order valence-electron chi connectivity index (χ3n) is 1.94. The summed E-state index contributed by atoms with van der Waals surface area (Å²) in [7, 11) is -4.84. The summed E-state index contributed by atoms with van der Waals surface area (Å²) < 4.78 is 34.6. The van der Waals surface area contributed by atoms with E-state index >= 15 is 0 Å². The first kappa shape index (κ1) is 22.1. The van der Waals surface area contributed by atoms with Crippen LogP contribution in [0.5, 0.6) is 0 Å². The summed E-state index contributed by atoms with van der Waals surface area (Å²) in [5.74, 6) is -3.50. The smallest absolute Gasteiger partial charge is 0.325 e. The normalized spacial score (nSPS) is 13.8. The van der Waals surface area contributed by atoms with Crippen LogP contribution in [0.4, 0.5) is 0 Å². The van der Waals surface area contributed by atoms with Gasteiger partial charge in [-0.05, 0) is 0 Å². The molecule has 8 nitrogen and oxygen atoms in total. The maximum atomic E-state index is 10.2. The van der Waals surface area contributed by atoms with Crippen molar-refractivity contribution < 1.29 is 37.5 Å². The molecule has 0 spiro atoms. The zero-order chi connectivity index (χ0) is 16.3. The van der Waals surface area contributed by atoms with Gasteiger partial charge >= 0.3 is 81.3 Å². The van der Waals surface area contributed by atoms with Crippen molar-refractivity contribution in [3.8, 4) is 0 Å². The molecule has 20 heavy (non-hydrogen) atoms. The average molecular weight is 322 g/mol. The average Bonchev–Trinajstić information content (AvgIpc) is 2.24. The molecule has 0 amide bonds. The van der Waals surface area contributed by atoms with Gasteiger partial charge in [-0.15, -0.1) is 0 Å². The van der Waals surface area contributed by atoms with Crippen LogP contribution in [0.1, 0.15) is 33.1 Å². The number of ether oxygens (including phenoxy) is 1. The summed E-state index contributed by atoms with van der Waals surface area (Å²) in [5.41, 5.74) is 0. The van der Waals surface area contributed by atoms with E-state index in [0.29, 0.717) is 3.35 Å². The maximum Gasteiger partial charge on any atom is 0.325 e. The van der Waals surface area contributed by atoms with E-state index in [1.165, 1.54) is 12.8 Å². The Labute approximate surface area is 135 Å². The first-order valence-electron chi connectivity index (χ1n) is 6.04. The number of carboxylic acid groups (broad SMARTS) is 2. The van der Waals surface area contributed by atoms with E-state index in [0.717, 1.165) is 34.5 Å². The molecule has 0 aromatic carbocycles. The van der Waals surface area contributed by atoms with Crippen molar-refractivity contribution in [3.63, 3.8) is 0 Å². The predicted octanol–water partition coefficient (Wildman–Crippen LogP) is 0.120. The molecule has 0 saturated heterocycles. The minimum absolute atomic E-state index is 0.543. The predicted molar refractivity (Wildman–Crippen MR) is 71.3 cm³/mol. The van der Waals surface area contributed by atoms with Gasteiger partial charge in [0.25, 0.3) is 10.1 Å². The SMILES string of the molecule is CCCCO[CH](C)[Na].O=C(O)CC(C(=O)O)S(=O)(=O)O. The van der Waals surface area contributed by atoms with Gasteiger partial charge in [-0.2, -0.15) is 8.42 Å². The molecule has 0 radical (unpaired) electrons. The topological polar surface area (TPSA) is 138 Å². The second-order valence-electron chi connectivity index (χ2n) is 4.21. The van der Waals surface area contributed by atoms with Crippen LogP contribution in [0.25, 0.3) is 0 Å². The van der Waals surface area contributed by atoms with Gasteiger partial charge in [-0.25, -0.2) is 0 Å². The van der Waals surface area contributed by atoms with Gasteiger partial charge < -0.3 is 10.2 Å². The summed E-state index contributed by atoms with van der Waals surface area (Å²) in [4.78, 5) is 20.0. The first-order valence-corrected chi connectivity index (χ1v) is 8.70. The van der Waals surface area contributed by atoms with E-state index in [1.807, 2.05) is 0 Å². The molecule has 0 aliphatic rings. The molecule has 0 bridgehead atoms. The van der Waals surface area contributed by atoms with E-state index in [2.05, 4.69) is 13.8 Å². The Balaban J connectivity index is 0. The molecule has 0 aromatic heterocycles. The molecule has 0 saturated carbocycles. The second kappa shape index (κ2) is 11.5. The maximum absolute atomic E-state index is 10.2. The fourth-order valence-electron chi connectivity index (χ4n) is 0.942. The van der Waals surface area contributed by atoms with Gasteiger partial charge in [0.1, 0.15) is 0 Å². The number of carboxylic acids is 2. The van der Waals surface area contributed by atoms with E-state index in [-0.39, 0.29) is 0 Å². The van der Waals surface area contributed by atoms with Crippen molar-refractivity contribution in [2.24, 2.45) is 0 Å². The van der Waals surface area contributed by atoms with Crippen LogP contribution < -0.4 is 0 Å². The minimum Gasteiger partial charge on any atom is -0.481 e. The van der Waals surface area contributed by atoms with Crippen LogP contribution in [0, 0.1) is 0 Å². The molecule has 2 unspecified atom stereocenters. The van der Waals surface area contributed by atoms with Gasteiger partial charge in [-0.3, -0.25) is 14.1 Å². The Morgan fingerprint density at radius 3 is 2.00 bits per heavy atom. The number of hydrogen-bond donors (Lipinski definition) is 3. The first-order chi connectivity index (χ1) is 9.02. The Kier molecular flexibility index (Phi) is 12.7. The molecule has 0 aliphatic heterocycles. The van der Waals surface area contributed by atoms with Crippen LogP contribution in [-0.4, -0.2) is 78.3 Å². The number of hydrogen-bond acceptors (Lipinski definition) is 5. The van der Waals surface area contributed by atoms with Crippen molar-refractivity contribution in [1.82, 2.24) is 0 Å². The molecular weight excluding hydrogens is 303 g/mol. The molecule has 0 heterocycles. The Hall–Kier alpha value is -0.190. The monoisotopic (exact) mass is 322 g/mol. The van der Waals surface area contributed by atoms with Gasteiger partial charge in [0.2, 0.25) is 0 Å². The fourth-order valence-corrected chi connectivity index (χ4v) is 1.79. The number of unbranched alkanes of at least 4 members (excludes halogenated alkanes) is 1. The van der Waals surface area contributed by atoms with E-state index in [1.54, 1.807) is 0 Å². The summed E-state index contributed by atoms with van der Waals surface area (Å²) >= 11 is 1.16. The van der Waals surface area contributed by atoms with Crippen molar-refractivity contribution in [3.05, 3.63) is 0 Å². The molecule has 114 valence electrons. The molecule has 2 atom stereocenters. The standard InChI is InChI=1S/C6H13O.C4H6O7S.Na/c1-3-5-6-7-4-2;5-3(6)1-2(4(7)8)12(9,10)11;/h4H,3,5-6H2,1-2H3;2H,1H2,(H,5,6)(H,7,8)(H,9,10,11);. The zero-order valence-electron chi connectivity index (χ0n) is 11.8. The fraction of sp³-hybridized carbons (Fsp3) is 0.800. The van der Waals surface area contributed by atoms with E-state index in [9.17, 15) is 18.0 Å². The van der Waals surface area contributed by atoms with Gasteiger partial charge in [0, 0.05) is 0 Å². The van der Waals surface area contributed by atoms with Crippen molar-refractivity contribution in [2.45, 2.75) is 41.7 Å². The van der Waals surface area contributed by atoms with Gasteiger partial charge in [-0.1, -0.05) is 0 Å². The largest absolute Gasteiger partial charge is 0.481 e. The summed E-state index contributed by atoms with van der Waals surface area (Å²) in [6.07, 6.45) is 1.30. The number of rotatable bonds is 8. The van der Waals surface area contributed by atoms with Crippen molar-refractivity contribution >= 4 is 50.0 Å². The summed E-state index contributed by atoms with van der Waals surface area (Å²) in [6.45, 7) is 5.27. The summed E-state index contributed by atoms with van der Waals surface area (Å²) in [5, 5.41) is 13.9. The minimum atomic E-state index is -4.84. The second-order valence-corrected chi connectivity index (χ2v) is 7.44. The molecule has 0 aromatic rings. The van der Waals surface area contributed by atoms with Gasteiger partial charge in [0.05, 0.1) is 6.42 Å². The molecule has 0 fully saturated rings. The third-order valence-corrected chi connectivity index (χ3v) is 3.36. The molecular formula is C10H19NaO8S. The van der Waals surface area contributed by atoms with Gasteiger partial charge in [0.15, 0.2) is 5.25 Å². The van der Waals surface area contributed by atoms with Crippen molar-refractivity contribution in [2.75, 3.05) is 6.61 Å².